The van der Waals surface area contributed by atoms with Crippen molar-refractivity contribution >= 4 is 5.91 Å². The number of piperidine rings is 1. The molecule has 2 aliphatic heterocycles. The van der Waals surface area contributed by atoms with E-state index in [4.69, 9.17) is 0 Å². The first kappa shape index (κ1) is 16.4. The largest absolute Gasteiger partial charge is 0.354 e. The quantitative estimate of drug-likeness (QED) is 0.912. The Morgan fingerprint density at radius 1 is 1.30 bits per heavy atom. The SMILES string of the molecule is CNC(=O)c1cc(CCN2CCC3(CCN(C)CC3)C2)ccn1. The zero-order valence-electron chi connectivity index (χ0n) is 14.3. The number of carbonyl (C=O) groups excluding carboxylic acids is 1. The monoisotopic (exact) mass is 316 g/mol. The summed E-state index contributed by atoms with van der Waals surface area (Å²) in [6, 6.07) is 3.94. The Kier molecular flexibility index (Phi) is 4.97. The molecule has 126 valence electrons. The number of carbonyl (C=O) groups is 1. The second-order valence-corrected chi connectivity index (χ2v) is 7.21. The lowest BCUT2D eigenvalue weighted by Gasteiger charge is -2.37. The summed E-state index contributed by atoms with van der Waals surface area (Å²) in [5.41, 5.74) is 2.28. The summed E-state index contributed by atoms with van der Waals surface area (Å²) < 4.78 is 0. The molecule has 0 radical (unpaired) electrons. The van der Waals surface area contributed by atoms with Crippen LogP contribution >= 0.6 is 0 Å². The third-order valence-electron chi connectivity index (χ3n) is 5.57. The Morgan fingerprint density at radius 3 is 2.78 bits per heavy atom. The van der Waals surface area contributed by atoms with Crippen LogP contribution in [0.5, 0.6) is 0 Å². The fraction of sp³-hybridized carbons (Fsp3) is 0.667. The molecule has 3 heterocycles. The minimum Gasteiger partial charge on any atom is -0.354 e. The van der Waals surface area contributed by atoms with Gasteiger partial charge in [0.1, 0.15) is 5.69 Å². The highest BCUT2D eigenvalue weighted by molar-refractivity contribution is 5.92. The lowest BCUT2D eigenvalue weighted by Crippen LogP contribution is -2.39. The molecule has 1 aromatic rings. The minimum absolute atomic E-state index is 0.113. The molecule has 0 saturated carbocycles. The van der Waals surface area contributed by atoms with Crippen molar-refractivity contribution in [3.63, 3.8) is 0 Å². The molecule has 23 heavy (non-hydrogen) atoms. The maximum atomic E-state index is 11.7. The molecule has 1 spiro atoms. The van der Waals surface area contributed by atoms with Crippen LogP contribution in [0.1, 0.15) is 35.3 Å². The van der Waals surface area contributed by atoms with E-state index in [1.807, 2.05) is 12.1 Å². The van der Waals surface area contributed by atoms with Crippen molar-refractivity contribution in [2.75, 3.05) is 46.8 Å². The smallest absolute Gasteiger partial charge is 0.269 e. The van der Waals surface area contributed by atoms with E-state index in [1.165, 1.54) is 51.0 Å². The molecule has 0 bridgehead atoms. The maximum absolute atomic E-state index is 11.7. The van der Waals surface area contributed by atoms with E-state index in [9.17, 15) is 4.79 Å². The van der Waals surface area contributed by atoms with Gasteiger partial charge in [0.25, 0.3) is 5.91 Å². The van der Waals surface area contributed by atoms with Gasteiger partial charge in [-0.05, 0) is 75.5 Å². The van der Waals surface area contributed by atoms with E-state index in [2.05, 4.69) is 27.1 Å². The van der Waals surface area contributed by atoms with Crippen molar-refractivity contribution in [1.82, 2.24) is 20.1 Å². The standard InChI is InChI=1S/C18H28N4O/c1-19-17(23)16-13-15(3-8-20-16)4-9-22-12-7-18(14-22)5-10-21(2)11-6-18/h3,8,13H,4-7,9-12,14H2,1-2H3,(H,19,23). The molecule has 2 fully saturated rings. The molecule has 3 rings (SSSR count). The van der Waals surface area contributed by atoms with Gasteiger partial charge < -0.3 is 15.1 Å². The van der Waals surface area contributed by atoms with Crippen LogP contribution in [0.3, 0.4) is 0 Å². The Balaban J connectivity index is 1.53. The van der Waals surface area contributed by atoms with E-state index < -0.39 is 0 Å². The third kappa shape index (κ3) is 3.90. The van der Waals surface area contributed by atoms with Gasteiger partial charge in [0.2, 0.25) is 0 Å². The summed E-state index contributed by atoms with van der Waals surface area (Å²) >= 11 is 0. The topological polar surface area (TPSA) is 48.5 Å². The van der Waals surface area contributed by atoms with Gasteiger partial charge in [-0.3, -0.25) is 9.78 Å². The summed E-state index contributed by atoms with van der Waals surface area (Å²) in [7, 11) is 3.87. The molecule has 1 N–H and O–H groups in total. The lowest BCUT2D eigenvalue weighted by atomic mass is 9.78. The van der Waals surface area contributed by atoms with Crippen LogP contribution < -0.4 is 5.32 Å². The van der Waals surface area contributed by atoms with Crippen LogP contribution in [-0.4, -0.2) is 67.5 Å². The second kappa shape index (κ2) is 6.97. The molecule has 2 saturated heterocycles. The summed E-state index contributed by atoms with van der Waals surface area (Å²) in [5.74, 6) is -0.113. The molecule has 0 unspecified atom stereocenters. The van der Waals surface area contributed by atoms with E-state index in [1.54, 1.807) is 13.2 Å². The van der Waals surface area contributed by atoms with Gasteiger partial charge in [0, 0.05) is 26.3 Å². The van der Waals surface area contributed by atoms with Crippen molar-refractivity contribution in [1.29, 1.82) is 0 Å². The predicted molar refractivity (Wildman–Crippen MR) is 91.6 cm³/mol. The molecule has 1 amide bonds. The number of nitrogens with zero attached hydrogens (tertiary/aromatic N) is 3. The van der Waals surface area contributed by atoms with Gasteiger partial charge in [0.15, 0.2) is 0 Å². The Hall–Kier alpha value is -1.46. The Labute approximate surface area is 139 Å². The molecular formula is C18H28N4O. The number of amides is 1. The van der Waals surface area contributed by atoms with Gasteiger partial charge in [-0.15, -0.1) is 0 Å². The van der Waals surface area contributed by atoms with Crippen molar-refractivity contribution in [3.8, 4) is 0 Å². The highest BCUT2D eigenvalue weighted by atomic mass is 16.1. The van der Waals surface area contributed by atoms with E-state index in [0.717, 1.165) is 13.0 Å². The first-order chi connectivity index (χ1) is 11.1. The molecule has 0 aliphatic carbocycles. The van der Waals surface area contributed by atoms with E-state index in [0.29, 0.717) is 11.1 Å². The van der Waals surface area contributed by atoms with Gasteiger partial charge in [-0.2, -0.15) is 0 Å². The number of nitrogens with one attached hydrogen (secondary N) is 1. The van der Waals surface area contributed by atoms with Crippen LogP contribution in [0, 0.1) is 5.41 Å². The molecular weight excluding hydrogens is 288 g/mol. The zero-order chi connectivity index (χ0) is 16.3. The van der Waals surface area contributed by atoms with Crippen molar-refractivity contribution in [3.05, 3.63) is 29.6 Å². The average molecular weight is 316 g/mol. The predicted octanol–water partition coefficient (Wildman–Crippen LogP) is 1.40. The number of rotatable bonds is 4. The molecule has 0 aromatic carbocycles. The molecule has 0 atom stereocenters. The van der Waals surface area contributed by atoms with Gasteiger partial charge in [0.05, 0.1) is 0 Å². The molecule has 1 aromatic heterocycles. The summed E-state index contributed by atoms with van der Waals surface area (Å²) in [5, 5.41) is 2.63. The van der Waals surface area contributed by atoms with Gasteiger partial charge >= 0.3 is 0 Å². The lowest BCUT2D eigenvalue weighted by molar-refractivity contribution is 0.0958. The number of aromatic nitrogens is 1. The minimum atomic E-state index is -0.113. The number of likely N-dealkylation sites (tertiary alicyclic amines) is 2. The van der Waals surface area contributed by atoms with Crippen LogP contribution in [0.2, 0.25) is 0 Å². The fourth-order valence-electron chi connectivity index (χ4n) is 3.89. The van der Waals surface area contributed by atoms with Gasteiger partial charge in [-0.25, -0.2) is 0 Å². The highest BCUT2D eigenvalue weighted by Crippen LogP contribution is 2.39. The fourth-order valence-corrected chi connectivity index (χ4v) is 3.89. The normalized spacial score (nSPS) is 21.7. The van der Waals surface area contributed by atoms with Crippen LogP contribution in [-0.2, 0) is 6.42 Å². The van der Waals surface area contributed by atoms with E-state index in [-0.39, 0.29) is 5.91 Å². The first-order valence-electron chi connectivity index (χ1n) is 8.68. The highest BCUT2D eigenvalue weighted by Gasteiger charge is 2.39. The maximum Gasteiger partial charge on any atom is 0.269 e. The average Bonchev–Trinajstić information content (AvgIpc) is 2.98. The van der Waals surface area contributed by atoms with Crippen LogP contribution in [0.4, 0.5) is 0 Å². The first-order valence-corrected chi connectivity index (χ1v) is 8.68. The Bertz CT molecular complexity index is 552. The summed E-state index contributed by atoms with van der Waals surface area (Å²) in [6.07, 6.45) is 6.76. The molecule has 2 aliphatic rings. The third-order valence-corrected chi connectivity index (χ3v) is 5.57. The zero-order valence-corrected chi connectivity index (χ0v) is 14.3. The van der Waals surface area contributed by atoms with Crippen molar-refractivity contribution < 1.29 is 4.79 Å². The Morgan fingerprint density at radius 2 is 2.04 bits per heavy atom. The number of pyridine rings is 1. The van der Waals surface area contributed by atoms with E-state index >= 15 is 0 Å². The number of hydrogen-bond acceptors (Lipinski definition) is 4. The molecule has 5 heteroatoms. The van der Waals surface area contributed by atoms with Crippen LogP contribution in [0.25, 0.3) is 0 Å². The summed E-state index contributed by atoms with van der Waals surface area (Å²) in [4.78, 5) is 20.9. The number of hydrogen-bond donors (Lipinski definition) is 1. The summed E-state index contributed by atoms with van der Waals surface area (Å²) in [6.45, 7) is 6.03. The van der Waals surface area contributed by atoms with Gasteiger partial charge in [-0.1, -0.05) is 0 Å². The van der Waals surface area contributed by atoms with Crippen molar-refractivity contribution in [2.24, 2.45) is 5.41 Å². The second-order valence-electron chi connectivity index (χ2n) is 7.21. The van der Waals surface area contributed by atoms with Crippen LogP contribution in [0.15, 0.2) is 18.3 Å². The van der Waals surface area contributed by atoms with Crippen molar-refractivity contribution in [2.45, 2.75) is 25.7 Å². The molecule has 5 nitrogen and oxygen atoms in total.